The van der Waals surface area contributed by atoms with Gasteiger partial charge in [-0.2, -0.15) is 8.42 Å². The Morgan fingerprint density at radius 1 is 1.23 bits per heavy atom. The van der Waals surface area contributed by atoms with Gasteiger partial charge in [-0.25, -0.2) is 15.0 Å². The number of imidazole rings is 1. The van der Waals surface area contributed by atoms with E-state index in [1.165, 1.54) is 4.57 Å². The number of nitrogens with zero attached hydrogens (tertiary/aromatic N) is 4. The molecule has 4 atom stereocenters. The van der Waals surface area contributed by atoms with Gasteiger partial charge >= 0.3 is 10.1 Å². The molecule has 2 aromatic heterocycles. The molecule has 4 N–H and O–H groups in total. The van der Waals surface area contributed by atoms with E-state index in [0.717, 1.165) is 12.7 Å². The molecule has 1 aliphatic rings. The highest BCUT2D eigenvalue weighted by Gasteiger charge is 2.44. The minimum Gasteiger partial charge on any atom is -0.394 e. The molecule has 1 saturated heterocycles. The summed E-state index contributed by atoms with van der Waals surface area (Å²) in [5.41, 5.74) is -0.222. The van der Waals surface area contributed by atoms with E-state index < -0.39 is 46.3 Å². The third-order valence-electron chi connectivity index (χ3n) is 3.36. The van der Waals surface area contributed by atoms with Crippen LogP contribution in [0.4, 0.5) is 0 Å². The highest BCUT2D eigenvalue weighted by atomic mass is 32.2. The fourth-order valence-corrected chi connectivity index (χ4v) is 2.88. The van der Waals surface area contributed by atoms with Crippen molar-refractivity contribution in [3.8, 4) is 0 Å². The first-order valence-electron chi connectivity index (χ1n) is 6.12. The van der Waals surface area contributed by atoms with Crippen LogP contribution >= 0.6 is 0 Å². The molecule has 3 rings (SSSR count). The van der Waals surface area contributed by atoms with Crippen molar-refractivity contribution in [2.45, 2.75) is 29.6 Å². The second-order valence-electron chi connectivity index (χ2n) is 4.71. The summed E-state index contributed by atoms with van der Waals surface area (Å²) < 4.78 is 38.1. The van der Waals surface area contributed by atoms with Crippen molar-refractivity contribution in [3.63, 3.8) is 0 Å². The van der Waals surface area contributed by atoms with E-state index in [2.05, 4.69) is 15.0 Å². The van der Waals surface area contributed by atoms with E-state index in [1.54, 1.807) is 0 Å². The zero-order valence-corrected chi connectivity index (χ0v) is 11.7. The van der Waals surface area contributed by atoms with Crippen LogP contribution in [0.3, 0.4) is 0 Å². The van der Waals surface area contributed by atoms with Crippen molar-refractivity contribution in [3.05, 3.63) is 12.7 Å². The average Bonchev–Trinajstić information content (AvgIpc) is 3.00. The molecule has 0 aliphatic carbocycles. The van der Waals surface area contributed by atoms with Crippen LogP contribution in [0.15, 0.2) is 17.7 Å². The van der Waals surface area contributed by atoms with Gasteiger partial charge in [0, 0.05) is 0 Å². The lowest BCUT2D eigenvalue weighted by Crippen LogP contribution is -2.33. The molecule has 11 nitrogen and oxygen atoms in total. The van der Waals surface area contributed by atoms with Gasteiger partial charge in [0.1, 0.15) is 30.2 Å². The molecule has 1 aliphatic heterocycles. The highest BCUT2D eigenvalue weighted by Crippen LogP contribution is 2.31. The number of hydrogen-bond acceptors (Lipinski definition) is 9. The normalized spacial score (nSPS) is 29.3. The van der Waals surface area contributed by atoms with Crippen LogP contribution in [0.25, 0.3) is 11.2 Å². The predicted octanol–water partition coefficient (Wildman–Crippen LogP) is -2.32. The lowest BCUT2D eigenvalue weighted by atomic mass is 10.1. The Bertz CT molecular complexity index is 807. The van der Waals surface area contributed by atoms with Crippen LogP contribution in [0.1, 0.15) is 6.23 Å². The second kappa shape index (κ2) is 5.19. The van der Waals surface area contributed by atoms with E-state index in [-0.39, 0.29) is 11.2 Å². The number of aliphatic hydroxyl groups is 3. The lowest BCUT2D eigenvalue weighted by Gasteiger charge is -2.16. The fourth-order valence-electron chi connectivity index (χ4n) is 2.32. The fraction of sp³-hybridized carbons (Fsp3) is 0.500. The van der Waals surface area contributed by atoms with Crippen LogP contribution in [-0.2, 0) is 14.9 Å². The molecular weight excluding hydrogens is 320 g/mol. The molecule has 120 valence electrons. The van der Waals surface area contributed by atoms with Crippen molar-refractivity contribution in [2.75, 3.05) is 6.61 Å². The molecule has 0 amide bonds. The number of ether oxygens (including phenoxy) is 1. The van der Waals surface area contributed by atoms with Crippen molar-refractivity contribution < 1.29 is 33.0 Å². The average molecular weight is 332 g/mol. The molecule has 22 heavy (non-hydrogen) atoms. The van der Waals surface area contributed by atoms with E-state index in [0.29, 0.717) is 0 Å². The quantitative estimate of drug-likeness (QED) is 0.354. The Hall–Kier alpha value is -1.70. The summed E-state index contributed by atoms with van der Waals surface area (Å²) in [6, 6.07) is 0. The van der Waals surface area contributed by atoms with Crippen LogP contribution in [0.5, 0.6) is 0 Å². The van der Waals surface area contributed by atoms with Gasteiger partial charge in [-0.1, -0.05) is 0 Å². The van der Waals surface area contributed by atoms with Gasteiger partial charge in [0.05, 0.1) is 12.9 Å². The van der Waals surface area contributed by atoms with Gasteiger partial charge in [0.15, 0.2) is 11.9 Å². The summed E-state index contributed by atoms with van der Waals surface area (Å²) >= 11 is 0. The maximum absolute atomic E-state index is 11.3. The minimum absolute atomic E-state index is 0.0162. The summed E-state index contributed by atoms with van der Waals surface area (Å²) in [7, 11) is -4.60. The van der Waals surface area contributed by atoms with Crippen LogP contribution < -0.4 is 0 Å². The molecule has 0 spiro atoms. The van der Waals surface area contributed by atoms with E-state index in [4.69, 9.17) is 14.4 Å². The van der Waals surface area contributed by atoms with E-state index in [1.807, 2.05) is 0 Å². The standard InChI is InChI=1S/C10H12N4O7S/c15-1-4-6(16)7(17)10(21-4)14-3-13-5-8(14)11-2-12-9(5)22(18,19)20/h2-4,6-7,10,15-17H,1H2,(H,18,19,20)/t4-,6-,7-,10-/m1/s1. The first-order valence-corrected chi connectivity index (χ1v) is 7.56. The maximum Gasteiger partial charge on any atom is 0.314 e. The number of aliphatic hydroxyl groups excluding tert-OH is 3. The van der Waals surface area contributed by atoms with Crippen LogP contribution in [0, 0.1) is 0 Å². The molecular formula is C10H12N4O7S. The van der Waals surface area contributed by atoms with Gasteiger partial charge in [-0.05, 0) is 0 Å². The molecule has 0 saturated carbocycles. The van der Waals surface area contributed by atoms with Crippen molar-refractivity contribution >= 4 is 21.3 Å². The molecule has 2 aromatic rings. The summed E-state index contributed by atoms with van der Waals surface area (Å²) in [4.78, 5) is 11.1. The van der Waals surface area contributed by atoms with Gasteiger partial charge in [-0.3, -0.25) is 9.12 Å². The largest absolute Gasteiger partial charge is 0.394 e. The summed E-state index contributed by atoms with van der Waals surface area (Å²) in [5, 5.41) is 28.1. The molecule has 0 bridgehead atoms. The number of fused-ring (bicyclic) bond motifs is 1. The summed E-state index contributed by atoms with van der Waals surface area (Å²) in [6.07, 6.45) is -2.78. The van der Waals surface area contributed by atoms with E-state index >= 15 is 0 Å². The SMILES string of the molecule is O=S(=O)(O)c1ncnc2c1ncn2[C@@H]1O[C@H](CO)[C@@H](O)[C@H]1O. The monoisotopic (exact) mass is 332 g/mol. The van der Waals surface area contributed by atoms with E-state index in [9.17, 15) is 18.6 Å². The summed E-state index contributed by atoms with van der Waals surface area (Å²) in [6.45, 7) is -0.507. The van der Waals surface area contributed by atoms with Crippen molar-refractivity contribution in [1.82, 2.24) is 19.5 Å². The Kier molecular flexibility index (Phi) is 3.58. The van der Waals surface area contributed by atoms with Gasteiger partial charge < -0.3 is 20.1 Å². The molecule has 3 heterocycles. The zero-order valence-electron chi connectivity index (χ0n) is 10.9. The first kappa shape index (κ1) is 15.2. The van der Waals surface area contributed by atoms with Gasteiger partial charge in [0.2, 0.25) is 5.03 Å². The van der Waals surface area contributed by atoms with Gasteiger partial charge in [-0.15, -0.1) is 0 Å². The van der Waals surface area contributed by atoms with Crippen LogP contribution in [-0.4, -0.2) is 72.7 Å². The topological polar surface area (TPSA) is 168 Å². The van der Waals surface area contributed by atoms with Gasteiger partial charge in [0.25, 0.3) is 0 Å². The minimum atomic E-state index is -4.60. The molecule has 0 unspecified atom stereocenters. The highest BCUT2D eigenvalue weighted by molar-refractivity contribution is 7.86. The third-order valence-corrected chi connectivity index (χ3v) is 4.15. The van der Waals surface area contributed by atoms with Crippen LogP contribution in [0.2, 0.25) is 0 Å². The molecule has 1 fully saturated rings. The Labute approximate surface area is 123 Å². The number of aromatic nitrogens is 4. The molecule has 12 heteroatoms. The van der Waals surface area contributed by atoms with Crippen molar-refractivity contribution in [2.24, 2.45) is 0 Å². The second-order valence-corrected chi connectivity index (χ2v) is 6.04. The smallest absolute Gasteiger partial charge is 0.314 e. The number of rotatable bonds is 3. The van der Waals surface area contributed by atoms with Crippen molar-refractivity contribution in [1.29, 1.82) is 0 Å². The third kappa shape index (κ3) is 2.25. The Morgan fingerprint density at radius 2 is 1.95 bits per heavy atom. The zero-order chi connectivity index (χ0) is 16.1. The lowest BCUT2D eigenvalue weighted by molar-refractivity contribution is -0.0511. The molecule has 0 radical (unpaired) electrons. The molecule has 0 aromatic carbocycles. The summed E-state index contributed by atoms with van der Waals surface area (Å²) in [5.74, 6) is 0. The predicted molar refractivity (Wildman–Crippen MR) is 68.1 cm³/mol. The Balaban J connectivity index is 2.11. The Morgan fingerprint density at radius 3 is 2.55 bits per heavy atom. The maximum atomic E-state index is 11.3. The first-order chi connectivity index (χ1) is 10.3. The number of hydrogen-bond donors (Lipinski definition) is 4.